The van der Waals surface area contributed by atoms with Crippen LogP contribution < -0.4 is 15.2 Å². The zero-order chi connectivity index (χ0) is 17.8. The molecule has 25 heavy (non-hydrogen) atoms. The zero-order valence-electron chi connectivity index (χ0n) is 13.7. The summed E-state index contributed by atoms with van der Waals surface area (Å²) >= 11 is 3.35. The fraction of sp³-hybridized carbons (Fsp3) is 0.158. The van der Waals surface area contributed by atoms with Gasteiger partial charge in [-0.15, -0.1) is 0 Å². The Bertz CT molecular complexity index is 831. The molecule has 1 aliphatic rings. The minimum Gasteiger partial charge on any atom is -0.493 e. The lowest BCUT2D eigenvalue weighted by atomic mass is 10.1. The fourth-order valence-electron chi connectivity index (χ4n) is 2.43. The molecule has 128 valence electrons. The number of ether oxygens (including phenoxy) is 1. The predicted octanol–water partition coefficient (Wildman–Crippen LogP) is 3.70. The van der Waals surface area contributed by atoms with Gasteiger partial charge >= 0.3 is 0 Å². The number of hydrazine groups is 1. The molecule has 5 nitrogen and oxygen atoms in total. The average molecular weight is 401 g/mol. The van der Waals surface area contributed by atoms with Gasteiger partial charge in [-0.2, -0.15) is 0 Å². The number of carbonyl (C=O) groups excluding carboxylic acids is 2. The van der Waals surface area contributed by atoms with Gasteiger partial charge in [0.15, 0.2) is 0 Å². The van der Waals surface area contributed by atoms with Crippen molar-refractivity contribution in [1.82, 2.24) is 5.43 Å². The molecular formula is C19H17BrN2O3. The molecule has 0 radical (unpaired) electrons. The van der Waals surface area contributed by atoms with Crippen molar-refractivity contribution in [2.45, 2.75) is 13.3 Å². The third-order valence-corrected chi connectivity index (χ3v) is 4.19. The number of anilines is 1. The van der Waals surface area contributed by atoms with E-state index >= 15 is 0 Å². The second-order valence-corrected chi connectivity index (χ2v) is 6.42. The van der Waals surface area contributed by atoms with E-state index in [4.69, 9.17) is 4.74 Å². The first-order valence-corrected chi connectivity index (χ1v) is 8.74. The summed E-state index contributed by atoms with van der Waals surface area (Å²) < 4.78 is 6.58. The molecule has 0 bridgehead atoms. The zero-order valence-corrected chi connectivity index (χ0v) is 15.2. The molecule has 2 aromatic carbocycles. The summed E-state index contributed by atoms with van der Waals surface area (Å²) in [6.45, 7) is 2.59. The summed E-state index contributed by atoms with van der Waals surface area (Å²) in [6.07, 6.45) is 2.45. The van der Waals surface area contributed by atoms with Gasteiger partial charge in [0.1, 0.15) is 11.3 Å². The highest BCUT2D eigenvalue weighted by Gasteiger charge is 2.34. The molecule has 0 unspecified atom stereocenters. The standard InChI is InChI=1S/C19H17BrN2O3/c1-2-11-25-17-6-4-3-5-13(17)12-16-18(23)21-22(19(16)24)15-9-7-14(20)8-10-15/h3-10,12H,2,11H2,1H3,(H,21,23)/b16-12+. The highest BCUT2D eigenvalue weighted by molar-refractivity contribution is 9.10. The second-order valence-electron chi connectivity index (χ2n) is 5.50. The molecule has 1 fully saturated rings. The third kappa shape index (κ3) is 3.74. The molecule has 0 saturated carbocycles. The van der Waals surface area contributed by atoms with E-state index in [1.54, 1.807) is 18.2 Å². The number of carbonyl (C=O) groups is 2. The van der Waals surface area contributed by atoms with Gasteiger partial charge in [0.2, 0.25) is 0 Å². The molecule has 1 aliphatic heterocycles. The molecule has 0 aromatic heterocycles. The predicted molar refractivity (Wildman–Crippen MR) is 100.0 cm³/mol. The average Bonchev–Trinajstić information content (AvgIpc) is 2.90. The summed E-state index contributed by atoms with van der Waals surface area (Å²) in [6, 6.07) is 14.5. The van der Waals surface area contributed by atoms with Crippen LogP contribution in [0.25, 0.3) is 6.08 Å². The maximum atomic E-state index is 12.7. The number of amides is 2. The fourth-order valence-corrected chi connectivity index (χ4v) is 2.69. The number of hydrogen-bond acceptors (Lipinski definition) is 3. The maximum Gasteiger partial charge on any atom is 0.282 e. The van der Waals surface area contributed by atoms with E-state index in [1.165, 1.54) is 5.01 Å². The van der Waals surface area contributed by atoms with Crippen molar-refractivity contribution >= 4 is 39.5 Å². The van der Waals surface area contributed by atoms with Gasteiger partial charge in [0, 0.05) is 10.0 Å². The monoisotopic (exact) mass is 400 g/mol. The molecule has 1 heterocycles. The van der Waals surface area contributed by atoms with Crippen LogP contribution in [0, 0.1) is 0 Å². The topological polar surface area (TPSA) is 58.6 Å². The minimum absolute atomic E-state index is 0.0791. The Morgan fingerprint density at radius 1 is 1.12 bits per heavy atom. The highest BCUT2D eigenvalue weighted by Crippen LogP contribution is 2.26. The van der Waals surface area contributed by atoms with Crippen molar-refractivity contribution < 1.29 is 14.3 Å². The lowest BCUT2D eigenvalue weighted by Gasteiger charge is -2.14. The van der Waals surface area contributed by atoms with Crippen molar-refractivity contribution in [2.24, 2.45) is 0 Å². The van der Waals surface area contributed by atoms with Gasteiger partial charge in [-0.3, -0.25) is 15.0 Å². The molecule has 3 rings (SSSR count). The lowest BCUT2D eigenvalue weighted by molar-refractivity contribution is -0.117. The van der Waals surface area contributed by atoms with Crippen molar-refractivity contribution in [1.29, 1.82) is 0 Å². The second kappa shape index (κ2) is 7.53. The van der Waals surface area contributed by atoms with Crippen molar-refractivity contribution in [3.63, 3.8) is 0 Å². The maximum absolute atomic E-state index is 12.7. The first-order valence-electron chi connectivity index (χ1n) is 7.94. The number of halogens is 1. The van der Waals surface area contributed by atoms with Crippen LogP contribution >= 0.6 is 15.9 Å². The number of rotatable bonds is 5. The van der Waals surface area contributed by atoms with E-state index in [2.05, 4.69) is 21.4 Å². The van der Waals surface area contributed by atoms with E-state index in [0.29, 0.717) is 23.6 Å². The van der Waals surface area contributed by atoms with Crippen LogP contribution in [0.2, 0.25) is 0 Å². The van der Waals surface area contributed by atoms with E-state index in [1.807, 2.05) is 43.3 Å². The molecular weight excluding hydrogens is 384 g/mol. The van der Waals surface area contributed by atoms with Gasteiger partial charge in [-0.1, -0.05) is 41.1 Å². The molecule has 2 aromatic rings. The van der Waals surface area contributed by atoms with Gasteiger partial charge in [0.05, 0.1) is 12.3 Å². The van der Waals surface area contributed by atoms with Gasteiger partial charge in [-0.05, 0) is 42.8 Å². The Morgan fingerprint density at radius 3 is 2.56 bits per heavy atom. The SMILES string of the molecule is CCCOc1ccccc1/C=C1\C(=O)NN(c2ccc(Br)cc2)C1=O. The van der Waals surface area contributed by atoms with Gasteiger partial charge in [-0.25, -0.2) is 5.01 Å². The number of benzene rings is 2. The first kappa shape index (κ1) is 17.2. The lowest BCUT2D eigenvalue weighted by Crippen LogP contribution is -2.35. The van der Waals surface area contributed by atoms with Crippen LogP contribution in [-0.2, 0) is 9.59 Å². The summed E-state index contributed by atoms with van der Waals surface area (Å²) in [5.74, 6) is -0.171. The molecule has 1 N–H and O–H groups in total. The van der Waals surface area contributed by atoms with Crippen molar-refractivity contribution in [3.8, 4) is 5.75 Å². The minimum atomic E-state index is -0.432. The summed E-state index contributed by atoms with van der Waals surface area (Å²) in [4.78, 5) is 24.9. The summed E-state index contributed by atoms with van der Waals surface area (Å²) in [5.41, 5.74) is 3.97. The summed E-state index contributed by atoms with van der Waals surface area (Å²) in [7, 11) is 0. The van der Waals surface area contributed by atoms with Crippen LogP contribution in [0.3, 0.4) is 0 Å². The number of nitrogens with zero attached hydrogens (tertiary/aromatic N) is 1. The first-order chi connectivity index (χ1) is 12.1. The Hall–Kier alpha value is -2.60. The van der Waals surface area contributed by atoms with E-state index in [-0.39, 0.29) is 5.57 Å². The van der Waals surface area contributed by atoms with Gasteiger partial charge < -0.3 is 4.74 Å². The van der Waals surface area contributed by atoms with Crippen LogP contribution in [0.4, 0.5) is 5.69 Å². The quantitative estimate of drug-likeness (QED) is 0.614. The smallest absolute Gasteiger partial charge is 0.282 e. The molecule has 0 atom stereocenters. The molecule has 2 amide bonds. The van der Waals surface area contributed by atoms with E-state index < -0.39 is 11.8 Å². The van der Waals surface area contributed by atoms with Crippen LogP contribution in [-0.4, -0.2) is 18.4 Å². The molecule has 0 spiro atoms. The largest absolute Gasteiger partial charge is 0.493 e. The number of para-hydroxylation sites is 1. The Kier molecular flexibility index (Phi) is 5.19. The number of hydrogen-bond donors (Lipinski definition) is 1. The van der Waals surface area contributed by atoms with E-state index in [9.17, 15) is 9.59 Å². The molecule has 6 heteroatoms. The Morgan fingerprint density at radius 2 is 1.84 bits per heavy atom. The number of nitrogens with one attached hydrogen (secondary N) is 1. The molecule has 0 aliphatic carbocycles. The van der Waals surface area contributed by atoms with Crippen LogP contribution in [0.1, 0.15) is 18.9 Å². The van der Waals surface area contributed by atoms with Crippen LogP contribution in [0.15, 0.2) is 58.6 Å². The van der Waals surface area contributed by atoms with Gasteiger partial charge in [0.25, 0.3) is 11.8 Å². The normalized spacial score (nSPS) is 15.6. The van der Waals surface area contributed by atoms with Crippen LogP contribution in [0.5, 0.6) is 5.75 Å². The summed E-state index contributed by atoms with van der Waals surface area (Å²) in [5, 5.41) is 1.25. The van der Waals surface area contributed by atoms with Crippen molar-refractivity contribution in [3.05, 3.63) is 64.1 Å². The van der Waals surface area contributed by atoms with E-state index in [0.717, 1.165) is 10.9 Å². The Labute approximate surface area is 154 Å². The molecule has 1 saturated heterocycles. The highest BCUT2D eigenvalue weighted by atomic mass is 79.9. The van der Waals surface area contributed by atoms with Crippen molar-refractivity contribution in [2.75, 3.05) is 11.6 Å². The third-order valence-electron chi connectivity index (χ3n) is 3.66. The Balaban J connectivity index is 1.90.